The maximum Gasteiger partial charge on any atom is 0.335 e. The number of ether oxygens (including phenoxy) is 1. The molecule has 86 heavy (non-hydrogen) atoms. The first-order valence-electron chi connectivity index (χ1n) is 28.0. The molecule has 0 amide bonds. The summed E-state index contributed by atoms with van der Waals surface area (Å²) in [4.78, 5) is 61.7. The maximum atomic E-state index is 14.0. The molecule has 9 rings (SSSR count). The number of benzene rings is 7. The first kappa shape index (κ1) is 60.9. The number of fused-ring (bicyclic) bond motifs is 2. The zero-order chi connectivity index (χ0) is 61.0. The molecule has 0 fully saturated rings. The molecule has 2 heterocycles. The fraction of sp³-hybridized carbons (Fsp3) is 0.258. The van der Waals surface area contributed by atoms with Crippen LogP contribution in [0.15, 0.2) is 159 Å². The van der Waals surface area contributed by atoms with Crippen LogP contribution in [0.25, 0.3) is 27.2 Å². The molecule has 6 N–H and O–H groups in total. The minimum Gasteiger partial charge on any atom is -0.491 e. The standard InChI is InChI=1S/C62H63N9O13S2/c1-3-4-5-6-7-8-9-10-11-12-13-16-33-83-56-18-15-14-17-53(56)69-86(81,82)51-31-32-54(55(38-51)71(77)78)70-57(72)52(40(2)84-70)39-85(79,80)50-29-27-47(28-30-50)63-60-66-61(64-48-25-23-41-34-45(58(73)74)21-19-43(41)36-48)68-62(67-60)65-49-26-24-42-35-46(59(75)76)22-20-44(42)37-49/h14-15,17-32,34-38,69H,3-13,16,33,39H2,1-2H3,(H,73,74)(H,75,76)(H3,63,64,65,66,67,68). The van der Waals surface area contributed by atoms with Crippen molar-refractivity contribution in [1.82, 2.24) is 19.7 Å². The number of hydrogen-bond acceptors (Lipinski definition) is 17. The van der Waals surface area contributed by atoms with Crippen LogP contribution >= 0.6 is 0 Å². The number of sulfone groups is 1. The Balaban J connectivity index is 0.872. The average molecular weight is 1210 g/mol. The number of hydrogen-bond donors (Lipinski definition) is 6. The lowest BCUT2D eigenvalue weighted by atomic mass is 10.1. The summed E-state index contributed by atoms with van der Waals surface area (Å²) in [5.74, 6) is -2.69. The molecule has 22 nitrogen and oxygen atoms in total. The third-order valence-electron chi connectivity index (χ3n) is 14.3. The van der Waals surface area contributed by atoms with E-state index in [0.29, 0.717) is 39.2 Å². The predicted molar refractivity (Wildman–Crippen MR) is 328 cm³/mol. The van der Waals surface area contributed by atoms with Gasteiger partial charge in [-0.1, -0.05) is 114 Å². The zero-order valence-electron chi connectivity index (χ0n) is 47.1. The number of nitro benzene ring substituents is 1. The van der Waals surface area contributed by atoms with E-state index in [0.717, 1.165) is 54.7 Å². The minimum atomic E-state index is -4.46. The fourth-order valence-electron chi connectivity index (χ4n) is 9.69. The third kappa shape index (κ3) is 15.4. The number of carbonyl (C=O) groups is 2. The number of carboxylic acids is 2. The largest absolute Gasteiger partial charge is 0.491 e. The second kappa shape index (κ2) is 27.4. The van der Waals surface area contributed by atoms with E-state index < -0.39 is 64.3 Å². The zero-order valence-corrected chi connectivity index (χ0v) is 48.7. The van der Waals surface area contributed by atoms with Gasteiger partial charge < -0.3 is 35.4 Å². The first-order valence-corrected chi connectivity index (χ1v) is 31.2. The monoisotopic (exact) mass is 1210 g/mol. The number of anilines is 7. The van der Waals surface area contributed by atoms with Crippen molar-refractivity contribution < 1.29 is 50.8 Å². The SMILES string of the molecule is CCCCCCCCCCCCCCOc1ccccc1NS(=O)(=O)c1ccc(-n2oc(C)c(CS(=O)(=O)c3ccc(Nc4nc(Nc5ccc6cc(C(=O)O)ccc6c5)nc(Nc5ccc6cc(C(=O)O)ccc6c5)n4)cc3)c2=O)c([N+](=O)[O-])c1. The highest BCUT2D eigenvalue weighted by Crippen LogP contribution is 2.33. The quantitative estimate of drug-likeness (QED) is 0.0138. The van der Waals surface area contributed by atoms with E-state index in [1.807, 2.05) is 0 Å². The van der Waals surface area contributed by atoms with Crippen molar-refractivity contribution in [3.05, 3.63) is 182 Å². The second-order valence-electron chi connectivity index (χ2n) is 20.6. The molecular weight excluding hydrogens is 1140 g/mol. The molecule has 0 saturated heterocycles. The van der Waals surface area contributed by atoms with E-state index in [9.17, 15) is 51.5 Å². The van der Waals surface area contributed by atoms with Gasteiger partial charge in [0.05, 0.1) is 49.5 Å². The van der Waals surface area contributed by atoms with Crippen LogP contribution in [0.5, 0.6) is 5.75 Å². The summed E-state index contributed by atoms with van der Waals surface area (Å²) in [6.45, 7) is 3.91. The van der Waals surface area contributed by atoms with Gasteiger partial charge in [0.15, 0.2) is 15.5 Å². The average Bonchev–Trinajstić information content (AvgIpc) is 3.97. The van der Waals surface area contributed by atoms with Crippen LogP contribution in [0.3, 0.4) is 0 Å². The summed E-state index contributed by atoms with van der Waals surface area (Å²) >= 11 is 0. The Hall–Kier alpha value is -9.68. The Labute approximate surface area is 495 Å². The minimum absolute atomic E-state index is 0.0142. The molecule has 0 spiro atoms. The number of sulfonamides is 1. The van der Waals surface area contributed by atoms with Crippen LogP contribution in [0.1, 0.15) is 116 Å². The van der Waals surface area contributed by atoms with Gasteiger partial charge in [-0.2, -0.15) is 15.0 Å². The van der Waals surface area contributed by atoms with Gasteiger partial charge in [-0.25, -0.2) is 26.4 Å². The molecule has 0 bridgehead atoms. The number of aromatic carboxylic acids is 2. The van der Waals surface area contributed by atoms with Gasteiger partial charge in [-0.05, 0) is 132 Å². The third-order valence-corrected chi connectivity index (χ3v) is 17.3. The van der Waals surface area contributed by atoms with Gasteiger partial charge in [0.25, 0.3) is 21.3 Å². The van der Waals surface area contributed by atoms with E-state index in [-0.39, 0.29) is 56.6 Å². The molecule has 446 valence electrons. The van der Waals surface area contributed by atoms with Crippen molar-refractivity contribution in [2.45, 2.75) is 106 Å². The molecule has 0 aliphatic carbocycles. The van der Waals surface area contributed by atoms with Crippen LogP contribution in [0.2, 0.25) is 0 Å². The smallest absolute Gasteiger partial charge is 0.335 e. The lowest BCUT2D eigenvalue weighted by molar-refractivity contribution is -0.385. The summed E-state index contributed by atoms with van der Waals surface area (Å²) in [5, 5.41) is 43.7. The Morgan fingerprint density at radius 1 is 0.605 bits per heavy atom. The lowest BCUT2D eigenvalue weighted by Gasteiger charge is -2.14. The number of nitrogens with zero attached hydrogens (tertiary/aromatic N) is 5. The van der Waals surface area contributed by atoms with Crippen molar-refractivity contribution in [1.29, 1.82) is 0 Å². The molecule has 24 heteroatoms. The second-order valence-corrected chi connectivity index (χ2v) is 24.3. The number of rotatable bonds is 30. The maximum absolute atomic E-state index is 14.0. The number of nitro groups is 1. The summed E-state index contributed by atoms with van der Waals surface area (Å²) in [7, 11) is -8.76. The van der Waals surface area contributed by atoms with Crippen LogP contribution in [0, 0.1) is 17.0 Å². The van der Waals surface area contributed by atoms with Gasteiger partial charge in [0.2, 0.25) is 17.8 Å². The molecule has 0 unspecified atom stereocenters. The normalized spacial score (nSPS) is 11.6. The summed E-state index contributed by atoms with van der Waals surface area (Å²) < 4.78 is 70.2. The predicted octanol–water partition coefficient (Wildman–Crippen LogP) is 13.6. The number of aromatic nitrogens is 4. The molecule has 2 aromatic heterocycles. The van der Waals surface area contributed by atoms with Crippen molar-refractivity contribution in [3.8, 4) is 11.4 Å². The van der Waals surface area contributed by atoms with Crippen LogP contribution in [-0.2, 0) is 25.6 Å². The fourth-order valence-corrected chi connectivity index (χ4v) is 12.2. The number of aryl methyl sites for hydroxylation is 1. The molecular formula is C62H63N9O13S2. The van der Waals surface area contributed by atoms with Crippen molar-refractivity contribution in [2.24, 2.45) is 0 Å². The van der Waals surface area contributed by atoms with Crippen LogP contribution in [0.4, 0.5) is 46.3 Å². The van der Waals surface area contributed by atoms with Gasteiger partial charge in [0.1, 0.15) is 11.5 Å². The van der Waals surface area contributed by atoms with E-state index >= 15 is 0 Å². The highest BCUT2D eigenvalue weighted by molar-refractivity contribution is 7.92. The van der Waals surface area contributed by atoms with Crippen molar-refractivity contribution >= 4 is 99.6 Å². The van der Waals surface area contributed by atoms with Gasteiger partial charge in [0, 0.05) is 23.1 Å². The molecule has 0 aliphatic heterocycles. The molecule has 7 aromatic carbocycles. The summed E-state index contributed by atoms with van der Waals surface area (Å²) in [6.07, 6.45) is 14.1. The Bertz CT molecular complexity index is 4150. The molecule has 9 aromatic rings. The van der Waals surface area contributed by atoms with Gasteiger partial charge >= 0.3 is 11.9 Å². The summed E-state index contributed by atoms with van der Waals surface area (Å²) in [6, 6.07) is 34.8. The highest BCUT2D eigenvalue weighted by Gasteiger charge is 2.29. The van der Waals surface area contributed by atoms with Crippen LogP contribution < -0.4 is 31.0 Å². The lowest BCUT2D eigenvalue weighted by Crippen LogP contribution is -2.20. The first-order chi connectivity index (χ1) is 41.3. The topological polar surface area (TPSA) is 317 Å². The molecule has 0 saturated carbocycles. The Morgan fingerprint density at radius 2 is 1.08 bits per heavy atom. The Morgan fingerprint density at radius 3 is 1.62 bits per heavy atom. The highest BCUT2D eigenvalue weighted by atomic mass is 32.2. The molecule has 0 radical (unpaired) electrons. The van der Waals surface area contributed by atoms with E-state index in [1.165, 1.54) is 101 Å². The Kier molecular flexibility index (Phi) is 19.4. The van der Waals surface area contributed by atoms with Gasteiger partial charge in [-0.3, -0.25) is 19.6 Å². The number of unbranched alkanes of at least 4 members (excludes halogenated alkanes) is 11. The van der Waals surface area contributed by atoms with Crippen molar-refractivity contribution in [3.63, 3.8) is 0 Å². The molecule has 0 aliphatic rings. The van der Waals surface area contributed by atoms with E-state index in [4.69, 9.17) is 9.26 Å². The number of carboxylic acid groups (broad SMARTS) is 2. The number of para-hydroxylation sites is 2. The summed E-state index contributed by atoms with van der Waals surface area (Å²) in [5.41, 5.74) is -0.757. The van der Waals surface area contributed by atoms with Crippen LogP contribution in [-0.4, -0.2) is 70.2 Å². The van der Waals surface area contributed by atoms with Crippen molar-refractivity contribution in [2.75, 3.05) is 27.3 Å². The van der Waals surface area contributed by atoms with Gasteiger partial charge in [-0.15, -0.1) is 4.74 Å². The number of nitrogens with one attached hydrogen (secondary N) is 4. The molecule has 0 atom stereocenters. The van der Waals surface area contributed by atoms with E-state index in [1.54, 1.807) is 78.9 Å². The van der Waals surface area contributed by atoms with E-state index in [2.05, 4.69) is 42.5 Å².